The van der Waals surface area contributed by atoms with Crippen molar-refractivity contribution in [2.24, 2.45) is 0 Å². The van der Waals surface area contributed by atoms with E-state index in [2.05, 4.69) is 0 Å². The van der Waals surface area contributed by atoms with Gasteiger partial charge in [-0.1, -0.05) is 0 Å². The summed E-state index contributed by atoms with van der Waals surface area (Å²) in [5.74, 6) is -0.461. The minimum atomic E-state index is -0.444. The van der Waals surface area contributed by atoms with Crippen molar-refractivity contribution in [1.82, 2.24) is 0 Å². The summed E-state index contributed by atoms with van der Waals surface area (Å²) in [4.78, 5) is 12.9. The Morgan fingerprint density at radius 1 is 0.667 bits per heavy atom. The first kappa shape index (κ1) is 17.3. The topological polar surface area (TPSA) is 94.5 Å². The van der Waals surface area contributed by atoms with Crippen LogP contribution in [-0.2, 0) is 0 Å². The highest BCUT2D eigenvalue weighted by atomic mass is 16.5. The van der Waals surface area contributed by atoms with Gasteiger partial charge < -0.3 is 29.2 Å². The smallest absolute Gasteiger partial charge is 0.203 e. The van der Waals surface area contributed by atoms with Gasteiger partial charge in [0, 0.05) is 0 Å². The molecule has 2 aromatic rings. The second-order valence-corrected chi connectivity index (χ2v) is 4.73. The van der Waals surface area contributed by atoms with Crippen molar-refractivity contribution >= 4 is 5.78 Å². The number of carbonyl (C=O) groups is 1. The Morgan fingerprint density at radius 2 is 1.00 bits per heavy atom. The van der Waals surface area contributed by atoms with Crippen molar-refractivity contribution in [3.05, 3.63) is 35.4 Å². The van der Waals surface area contributed by atoms with Crippen molar-refractivity contribution in [3.8, 4) is 34.5 Å². The first-order valence-corrected chi connectivity index (χ1v) is 6.92. The number of carbonyl (C=O) groups excluding carboxylic acids is 1. The number of ketones is 1. The molecule has 128 valence electrons. The monoisotopic (exact) mass is 334 g/mol. The predicted molar refractivity (Wildman–Crippen MR) is 85.9 cm³/mol. The van der Waals surface area contributed by atoms with E-state index in [1.165, 1.54) is 52.7 Å². The van der Waals surface area contributed by atoms with E-state index in [0.29, 0.717) is 0 Å². The summed E-state index contributed by atoms with van der Waals surface area (Å²) in [6.07, 6.45) is 0. The van der Waals surface area contributed by atoms with Crippen LogP contribution in [-0.4, -0.2) is 44.4 Å². The number of hydrogen-bond donors (Lipinski definition) is 2. The number of phenolic OH excluding ortho intramolecular Hbond substituents is 2. The molecular formula is C17H18O7. The van der Waals surface area contributed by atoms with Crippen LogP contribution in [0, 0.1) is 0 Å². The molecule has 0 atom stereocenters. The molecule has 0 aliphatic carbocycles. The standard InChI is InChI=1S/C17H18O7/c1-21-14-9(5-7-11(18)16(14)23-3)13(20)10-6-8-12(19)17(24-4)15(10)22-2/h5-8,18-19H,1-4H3. The third-order valence-electron chi connectivity index (χ3n) is 3.49. The molecule has 2 aromatic carbocycles. The van der Waals surface area contributed by atoms with E-state index < -0.39 is 5.78 Å². The second-order valence-electron chi connectivity index (χ2n) is 4.73. The van der Waals surface area contributed by atoms with Crippen LogP contribution in [0.3, 0.4) is 0 Å². The van der Waals surface area contributed by atoms with Gasteiger partial charge in [0.25, 0.3) is 0 Å². The number of aromatic hydroxyl groups is 2. The Morgan fingerprint density at radius 3 is 1.29 bits per heavy atom. The summed E-state index contributed by atoms with van der Waals surface area (Å²) in [6, 6.07) is 5.49. The normalized spacial score (nSPS) is 10.2. The minimum absolute atomic E-state index is 0.0491. The summed E-state index contributed by atoms with van der Waals surface area (Å²) < 4.78 is 20.6. The highest BCUT2D eigenvalue weighted by molar-refractivity contribution is 6.13. The van der Waals surface area contributed by atoms with Crippen LogP contribution < -0.4 is 18.9 Å². The van der Waals surface area contributed by atoms with Crippen LogP contribution in [0.1, 0.15) is 15.9 Å². The number of rotatable bonds is 6. The van der Waals surface area contributed by atoms with Crippen LogP contribution >= 0.6 is 0 Å². The third-order valence-corrected chi connectivity index (χ3v) is 3.49. The molecule has 0 aromatic heterocycles. The summed E-state index contributed by atoms with van der Waals surface area (Å²) >= 11 is 0. The highest BCUT2D eigenvalue weighted by Crippen LogP contribution is 2.43. The third kappa shape index (κ3) is 2.76. The molecule has 7 nitrogen and oxygen atoms in total. The van der Waals surface area contributed by atoms with Crippen LogP contribution in [0.25, 0.3) is 0 Å². The van der Waals surface area contributed by atoms with E-state index in [1.54, 1.807) is 0 Å². The summed E-state index contributed by atoms with van der Waals surface area (Å²) in [7, 11) is 5.44. The molecule has 2 N–H and O–H groups in total. The van der Waals surface area contributed by atoms with E-state index in [9.17, 15) is 15.0 Å². The zero-order valence-corrected chi connectivity index (χ0v) is 13.7. The Hall–Kier alpha value is -3.09. The molecule has 0 unspecified atom stereocenters. The molecular weight excluding hydrogens is 316 g/mol. The Balaban J connectivity index is 2.66. The van der Waals surface area contributed by atoms with E-state index in [-0.39, 0.29) is 45.6 Å². The fourth-order valence-corrected chi connectivity index (χ4v) is 2.41. The molecule has 0 radical (unpaired) electrons. The maximum absolute atomic E-state index is 12.9. The van der Waals surface area contributed by atoms with Crippen LogP contribution in [0.5, 0.6) is 34.5 Å². The Labute approximate surface area is 139 Å². The fraction of sp³-hybridized carbons (Fsp3) is 0.235. The van der Waals surface area contributed by atoms with Crippen LogP contribution in [0.4, 0.5) is 0 Å². The van der Waals surface area contributed by atoms with Crippen molar-refractivity contribution in [3.63, 3.8) is 0 Å². The van der Waals surface area contributed by atoms with Crippen molar-refractivity contribution in [2.45, 2.75) is 0 Å². The molecule has 0 aliphatic rings. The van der Waals surface area contributed by atoms with Crippen molar-refractivity contribution in [1.29, 1.82) is 0 Å². The SMILES string of the molecule is COc1c(O)ccc(C(=O)c2ccc(O)c(OC)c2OC)c1OC. The molecule has 0 amide bonds. The van der Waals surface area contributed by atoms with Gasteiger partial charge in [-0.15, -0.1) is 0 Å². The average Bonchev–Trinajstić information content (AvgIpc) is 2.60. The van der Waals surface area contributed by atoms with Gasteiger partial charge in [0.2, 0.25) is 17.3 Å². The number of hydrogen-bond acceptors (Lipinski definition) is 7. The van der Waals surface area contributed by atoms with Gasteiger partial charge in [0.05, 0.1) is 39.6 Å². The van der Waals surface area contributed by atoms with E-state index in [1.807, 2.05) is 0 Å². The lowest BCUT2D eigenvalue weighted by atomic mass is 10.00. The lowest BCUT2D eigenvalue weighted by Crippen LogP contribution is -2.08. The van der Waals surface area contributed by atoms with E-state index in [4.69, 9.17) is 18.9 Å². The van der Waals surface area contributed by atoms with Gasteiger partial charge in [0.1, 0.15) is 0 Å². The zero-order chi connectivity index (χ0) is 17.9. The molecule has 2 rings (SSSR count). The van der Waals surface area contributed by atoms with Crippen LogP contribution in [0.15, 0.2) is 24.3 Å². The minimum Gasteiger partial charge on any atom is -0.504 e. The van der Waals surface area contributed by atoms with Gasteiger partial charge in [-0.05, 0) is 24.3 Å². The Bertz CT molecular complexity index is 705. The first-order chi connectivity index (χ1) is 11.5. The molecule has 24 heavy (non-hydrogen) atoms. The van der Waals surface area contributed by atoms with Gasteiger partial charge in [-0.25, -0.2) is 0 Å². The number of methoxy groups -OCH3 is 4. The molecule has 0 aliphatic heterocycles. The molecule has 0 saturated heterocycles. The maximum Gasteiger partial charge on any atom is 0.203 e. The predicted octanol–water partition coefficient (Wildman–Crippen LogP) is 2.36. The summed E-state index contributed by atoms with van der Waals surface area (Å²) in [5, 5.41) is 19.6. The fourth-order valence-electron chi connectivity index (χ4n) is 2.41. The zero-order valence-electron chi connectivity index (χ0n) is 13.7. The van der Waals surface area contributed by atoms with Gasteiger partial charge in [-0.3, -0.25) is 4.79 Å². The van der Waals surface area contributed by atoms with E-state index in [0.717, 1.165) is 0 Å². The molecule has 0 spiro atoms. The Kier molecular flexibility index (Phi) is 5.03. The number of benzene rings is 2. The van der Waals surface area contributed by atoms with Gasteiger partial charge in [0.15, 0.2) is 23.0 Å². The highest BCUT2D eigenvalue weighted by Gasteiger charge is 2.26. The van der Waals surface area contributed by atoms with Crippen molar-refractivity contribution < 1.29 is 34.0 Å². The lowest BCUT2D eigenvalue weighted by Gasteiger charge is -2.16. The largest absolute Gasteiger partial charge is 0.504 e. The number of phenols is 2. The summed E-state index contributed by atoms with van der Waals surface area (Å²) in [6.45, 7) is 0. The lowest BCUT2D eigenvalue weighted by molar-refractivity contribution is 0.103. The maximum atomic E-state index is 12.9. The quantitative estimate of drug-likeness (QED) is 0.783. The molecule has 7 heteroatoms. The van der Waals surface area contributed by atoms with E-state index >= 15 is 0 Å². The molecule has 0 fully saturated rings. The van der Waals surface area contributed by atoms with Crippen LogP contribution in [0.2, 0.25) is 0 Å². The summed E-state index contributed by atoms with van der Waals surface area (Å²) in [5.41, 5.74) is 0.330. The number of ether oxygens (including phenoxy) is 4. The van der Waals surface area contributed by atoms with Gasteiger partial charge >= 0.3 is 0 Å². The average molecular weight is 334 g/mol. The van der Waals surface area contributed by atoms with Gasteiger partial charge in [-0.2, -0.15) is 0 Å². The molecule has 0 saturated carbocycles. The molecule has 0 bridgehead atoms. The van der Waals surface area contributed by atoms with Crippen molar-refractivity contribution in [2.75, 3.05) is 28.4 Å². The second kappa shape index (κ2) is 6.99. The molecule has 0 heterocycles. The first-order valence-electron chi connectivity index (χ1n) is 6.92.